The first-order valence-electron chi connectivity index (χ1n) is 6.10. The van der Waals surface area contributed by atoms with Gasteiger partial charge in [0.25, 0.3) is 0 Å². The first-order valence-corrected chi connectivity index (χ1v) is 9.06. The van der Waals surface area contributed by atoms with Crippen molar-refractivity contribution in [2.45, 2.75) is 30.4 Å². The zero-order valence-electron chi connectivity index (χ0n) is 12.6. The minimum atomic E-state index is -6.60. The molecule has 0 aromatic carbocycles. The Morgan fingerprint density at radius 3 is 1.76 bits per heavy atom. The number of rotatable bonds is 4. The second-order valence-electron chi connectivity index (χ2n) is 4.39. The van der Waals surface area contributed by atoms with Gasteiger partial charge in [-0.1, -0.05) is 11.1 Å². The summed E-state index contributed by atoms with van der Waals surface area (Å²) in [5.41, 5.74) is -6.54. The van der Waals surface area contributed by atoms with E-state index in [1.165, 1.54) is 0 Å². The van der Waals surface area contributed by atoms with Gasteiger partial charge >= 0.3 is 31.1 Å². The molecule has 0 spiro atoms. The molecule has 0 fully saturated rings. The number of hydrogen-bond acceptors (Lipinski definition) is 6. The van der Waals surface area contributed by atoms with Crippen molar-refractivity contribution in [2.24, 2.45) is 12.8 Å². The average molecular weight is 420 g/mol. The number of nitrogens with zero attached hydrogens (tertiary/aromatic N) is 2. The fourth-order valence-corrected chi connectivity index (χ4v) is 3.07. The van der Waals surface area contributed by atoms with Gasteiger partial charge in [-0.2, -0.15) is 26.3 Å². The quantitative estimate of drug-likeness (QED) is 0.703. The number of nitrogens with two attached hydrogens (primary N) is 1. The molecule has 25 heavy (non-hydrogen) atoms. The van der Waals surface area contributed by atoms with E-state index in [-0.39, 0.29) is 6.04 Å². The zero-order valence-corrected chi connectivity index (χ0v) is 14.3. The Hall–Kier alpha value is -1.39. The number of imidazole rings is 1. The third-order valence-corrected chi connectivity index (χ3v) is 5.43. The molecule has 0 radical (unpaired) electrons. The molecule has 3 N–H and O–H groups in total. The summed E-state index contributed by atoms with van der Waals surface area (Å²) >= 11 is 0. The molecule has 0 aliphatic carbocycles. The van der Waals surface area contributed by atoms with Crippen molar-refractivity contribution in [3.05, 3.63) is 18.2 Å². The molecule has 16 heteroatoms. The van der Waals surface area contributed by atoms with Crippen LogP contribution in [0.1, 0.15) is 25.2 Å². The summed E-state index contributed by atoms with van der Waals surface area (Å²) in [7, 11) is -11.2. The number of aromatic nitrogens is 2. The van der Waals surface area contributed by atoms with Crippen LogP contribution in [-0.2, 0) is 27.1 Å². The van der Waals surface area contributed by atoms with E-state index < -0.39 is 35.2 Å². The highest BCUT2D eigenvalue weighted by Gasteiger charge is 2.55. The lowest BCUT2D eigenvalue weighted by Gasteiger charge is -2.11. The van der Waals surface area contributed by atoms with Crippen LogP contribution in [-0.4, -0.2) is 37.4 Å². The van der Waals surface area contributed by atoms with Gasteiger partial charge in [-0.15, -0.1) is 0 Å². The van der Waals surface area contributed by atoms with Gasteiger partial charge < -0.3 is 10.3 Å². The van der Waals surface area contributed by atoms with Crippen LogP contribution in [0.3, 0.4) is 0 Å². The summed E-state index contributed by atoms with van der Waals surface area (Å²) < 4.78 is 110. The van der Waals surface area contributed by atoms with E-state index in [9.17, 15) is 43.2 Å². The topological polar surface area (TPSA) is 124 Å². The van der Waals surface area contributed by atoms with Crippen LogP contribution < -0.4 is 9.86 Å². The maximum Gasteiger partial charge on any atom is 0.512 e. The normalized spacial score (nSPS) is 14.6. The maximum atomic E-state index is 11.5. The number of aryl methyl sites for hydroxylation is 1. The Kier molecular flexibility index (Phi) is 7.44. The van der Waals surface area contributed by atoms with E-state index >= 15 is 0 Å². The monoisotopic (exact) mass is 420 g/mol. The Labute approximate surface area is 139 Å². The van der Waals surface area contributed by atoms with Crippen LogP contribution in [0.5, 0.6) is 0 Å². The van der Waals surface area contributed by atoms with Crippen LogP contribution >= 0.6 is 0 Å². The molecule has 1 atom stereocenters. The van der Waals surface area contributed by atoms with Gasteiger partial charge in [-0.25, -0.2) is 21.8 Å². The number of halogens is 6. The highest BCUT2D eigenvalue weighted by atomic mass is 32.3. The lowest BCUT2D eigenvalue weighted by molar-refractivity contribution is -0.0476. The van der Waals surface area contributed by atoms with Crippen molar-refractivity contribution in [3.8, 4) is 0 Å². The van der Waals surface area contributed by atoms with Crippen LogP contribution in [0.15, 0.2) is 12.4 Å². The van der Waals surface area contributed by atoms with Gasteiger partial charge in [0.05, 0.1) is 6.04 Å². The van der Waals surface area contributed by atoms with E-state index in [0.717, 1.165) is 12.2 Å². The van der Waals surface area contributed by atoms with Gasteiger partial charge in [0.1, 0.15) is 5.82 Å². The highest BCUT2D eigenvalue weighted by molar-refractivity contribution is 8.05. The van der Waals surface area contributed by atoms with E-state index in [2.05, 4.69) is 11.9 Å². The van der Waals surface area contributed by atoms with E-state index in [1.54, 1.807) is 6.20 Å². The molecule has 0 amide bonds. The molecule has 1 heterocycles. The molecule has 1 aromatic heterocycles. The van der Waals surface area contributed by atoms with E-state index in [0.29, 0.717) is 0 Å². The standard InChI is InChI=1S/C7H13N3.C2HF6NO4S2/c1-3-6(8)7-9-4-5-10(7)2;3-1(4,5)14(10,11)9-15(12,13)2(6,7)8/h4-6H,3,8H2,1-2H3;9H. The number of nitrogens with one attached hydrogen (secondary N) is 1. The zero-order chi connectivity index (χ0) is 20.3. The predicted molar refractivity (Wildman–Crippen MR) is 73.5 cm³/mol. The largest absolute Gasteiger partial charge is 0.512 e. The molecule has 0 saturated carbocycles. The van der Waals surface area contributed by atoms with Crippen LogP contribution in [0.25, 0.3) is 0 Å². The summed E-state index contributed by atoms with van der Waals surface area (Å²) in [6.07, 6.45) is 4.61. The van der Waals surface area contributed by atoms with Gasteiger partial charge in [0.2, 0.25) is 0 Å². The van der Waals surface area contributed by atoms with Gasteiger partial charge in [0.15, 0.2) is 0 Å². The fraction of sp³-hybridized carbons (Fsp3) is 0.667. The summed E-state index contributed by atoms with van der Waals surface area (Å²) in [6, 6.07) is 0.0833. The maximum absolute atomic E-state index is 11.5. The molecule has 1 aromatic rings. The summed E-state index contributed by atoms with van der Waals surface area (Å²) in [5, 5.41) is 0. The summed E-state index contributed by atoms with van der Waals surface area (Å²) in [6.45, 7) is 2.05. The Morgan fingerprint density at radius 1 is 1.12 bits per heavy atom. The van der Waals surface area contributed by atoms with Crippen molar-refractivity contribution in [2.75, 3.05) is 0 Å². The lowest BCUT2D eigenvalue weighted by Crippen LogP contribution is -2.45. The van der Waals surface area contributed by atoms with Crippen LogP contribution in [0, 0.1) is 0 Å². The molecule has 0 bridgehead atoms. The van der Waals surface area contributed by atoms with Crippen molar-refractivity contribution in [1.82, 2.24) is 13.7 Å². The first-order chi connectivity index (χ1) is 11.0. The van der Waals surface area contributed by atoms with Crippen molar-refractivity contribution in [1.29, 1.82) is 0 Å². The fourth-order valence-electron chi connectivity index (χ4n) is 1.16. The van der Waals surface area contributed by atoms with Crippen molar-refractivity contribution < 1.29 is 43.2 Å². The number of hydrogen-bond donors (Lipinski definition) is 2. The lowest BCUT2D eigenvalue weighted by atomic mass is 10.2. The number of alkyl halides is 6. The molecule has 1 rings (SSSR count). The Bertz CT molecular complexity index is 727. The van der Waals surface area contributed by atoms with E-state index in [1.807, 2.05) is 17.8 Å². The minimum Gasteiger partial charge on any atom is -0.337 e. The first kappa shape index (κ1) is 23.6. The van der Waals surface area contributed by atoms with Crippen LogP contribution in [0.2, 0.25) is 0 Å². The molecule has 1 unspecified atom stereocenters. The van der Waals surface area contributed by atoms with Crippen LogP contribution in [0.4, 0.5) is 26.3 Å². The molecular weight excluding hydrogens is 406 g/mol. The third-order valence-electron chi connectivity index (χ3n) is 2.46. The molecule has 148 valence electrons. The van der Waals surface area contributed by atoms with E-state index in [4.69, 9.17) is 5.73 Å². The summed E-state index contributed by atoms with van der Waals surface area (Å²) in [4.78, 5) is 4.12. The molecule has 0 aliphatic rings. The van der Waals surface area contributed by atoms with Crippen molar-refractivity contribution >= 4 is 20.0 Å². The third kappa shape index (κ3) is 6.44. The predicted octanol–water partition coefficient (Wildman–Crippen LogP) is 1.11. The highest BCUT2D eigenvalue weighted by Crippen LogP contribution is 2.27. The second kappa shape index (κ2) is 7.88. The Balaban J connectivity index is 0.000000496. The molecule has 0 saturated heterocycles. The van der Waals surface area contributed by atoms with Gasteiger partial charge in [0, 0.05) is 19.4 Å². The minimum absolute atomic E-state index is 0.0833. The average Bonchev–Trinajstić information content (AvgIpc) is 2.81. The molecular formula is C9H14F6N4O4S2. The number of sulfonamides is 2. The second-order valence-corrected chi connectivity index (χ2v) is 8.00. The SMILES string of the molecule is CCC(N)c1nccn1C.O=S(=O)(NS(=O)(=O)C(F)(F)F)C(F)(F)F. The van der Waals surface area contributed by atoms with Gasteiger partial charge in [-0.3, -0.25) is 0 Å². The molecule has 8 nitrogen and oxygen atoms in total. The van der Waals surface area contributed by atoms with Crippen molar-refractivity contribution in [3.63, 3.8) is 0 Å². The van der Waals surface area contributed by atoms with Gasteiger partial charge in [-0.05, 0) is 6.42 Å². The molecule has 0 aliphatic heterocycles. The Morgan fingerprint density at radius 2 is 1.52 bits per heavy atom. The summed E-state index contributed by atoms with van der Waals surface area (Å²) in [5.74, 6) is 0.961. The smallest absolute Gasteiger partial charge is 0.337 e.